The Morgan fingerprint density at radius 3 is 2.97 bits per heavy atom. The standard InChI is InChI=1S/C22H19ClN2O3S/c1-4-27-18-10-19-16(13(3)11-28-19)9-15(18)12(2)7-21(26)25-22-24-17-6-5-14(23)8-20(17)29-22/h5-11H,4H2,1-3H3,(H,24,25,26)/b12-7+. The van der Waals surface area contributed by atoms with Crippen molar-refractivity contribution in [2.45, 2.75) is 20.8 Å². The molecule has 0 spiro atoms. The molecule has 0 radical (unpaired) electrons. The molecular weight excluding hydrogens is 408 g/mol. The van der Waals surface area contributed by atoms with Gasteiger partial charge in [-0.25, -0.2) is 4.98 Å². The maximum Gasteiger partial charge on any atom is 0.250 e. The van der Waals surface area contributed by atoms with E-state index in [4.69, 9.17) is 20.8 Å². The highest BCUT2D eigenvalue weighted by molar-refractivity contribution is 7.22. The van der Waals surface area contributed by atoms with E-state index in [-0.39, 0.29) is 5.91 Å². The third-order valence-electron chi connectivity index (χ3n) is 4.52. The molecule has 0 unspecified atom stereocenters. The zero-order valence-electron chi connectivity index (χ0n) is 16.2. The molecule has 0 aliphatic rings. The van der Waals surface area contributed by atoms with Crippen molar-refractivity contribution in [1.82, 2.24) is 4.98 Å². The fraction of sp³-hybridized carbons (Fsp3) is 0.182. The van der Waals surface area contributed by atoms with Crippen molar-refractivity contribution in [2.75, 3.05) is 11.9 Å². The molecule has 4 rings (SSSR count). The number of nitrogens with one attached hydrogen (secondary N) is 1. The number of hydrogen-bond acceptors (Lipinski definition) is 5. The molecule has 0 aliphatic carbocycles. The summed E-state index contributed by atoms with van der Waals surface area (Å²) in [6.45, 7) is 6.32. The predicted molar refractivity (Wildman–Crippen MR) is 119 cm³/mol. The summed E-state index contributed by atoms with van der Waals surface area (Å²) >= 11 is 7.40. The minimum absolute atomic E-state index is 0.251. The SMILES string of the molecule is CCOc1cc2occ(C)c2cc1/C(C)=C/C(=O)Nc1nc2ccc(Cl)cc2s1. The smallest absolute Gasteiger partial charge is 0.250 e. The summed E-state index contributed by atoms with van der Waals surface area (Å²) in [5, 5.41) is 5.01. The summed E-state index contributed by atoms with van der Waals surface area (Å²) in [6, 6.07) is 9.32. The molecule has 2 aromatic heterocycles. The second-order valence-corrected chi connectivity index (χ2v) is 8.11. The highest BCUT2D eigenvalue weighted by Crippen LogP contribution is 2.34. The van der Waals surface area contributed by atoms with E-state index in [9.17, 15) is 4.79 Å². The van der Waals surface area contributed by atoms with Crippen LogP contribution in [0, 0.1) is 6.92 Å². The number of amides is 1. The van der Waals surface area contributed by atoms with E-state index in [1.165, 1.54) is 11.3 Å². The Hall–Kier alpha value is -2.83. The molecule has 1 amide bonds. The third-order valence-corrected chi connectivity index (χ3v) is 5.69. The number of furan rings is 1. The van der Waals surface area contributed by atoms with Crippen molar-refractivity contribution in [3.05, 3.63) is 58.8 Å². The topological polar surface area (TPSA) is 64.4 Å². The monoisotopic (exact) mass is 426 g/mol. The molecule has 2 heterocycles. The van der Waals surface area contributed by atoms with Gasteiger partial charge in [-0.05, 0) is 56.2 Å². The van der Waals surface area contributed by atoms with Crippen LogP contribution < -0.4 is 10.1 Å². The Bertz CT molecular complexity index is 1260. The Balaban J connectivity index is 1.63. The van der Waals surface area contributed by atoms with Crippen LogP contribution in [-0.4, -0.2) is 17.5 Å². The molecule has 7 heteroatoms. The molecule has 29 heavy (non-hydrogen) atoms. The molecule has 0 atom stereocenters. The largest absolute Gasteiger partial charge is 0.493 e. The number of benzene rings is 2. The van der Waals surface area contributed by atoms with E-state index in [1.54, 1.807) is 18.4 Å². The van der Waals surface area contributed by atoms with Gasteiger partial charge >= 0.3 is 0 Å². The van der Waals surface area contributed by atoms with Gasteiger partial charge in [-0.1, -0.05) is 22.9 Å². The molecule has 148 valence electrons. The van der Waals surface area contributed by atoms with Crippen molar-refractivity contribution >= 4 is 60.7 Å². The van der Waals surface area contributed by atoms with Crippen molar-refractivity contribution in [3.8, 4) is 5.75 Å². The summed E-state index contributed by atoms with van der Waals surface area (Å²) in [6.07, 6.45) is 3.27. The van der Waals surface area contributed by atoms with E-state index >= 15 is 0 Å². The van der Waals surface area contributed by atoms with Gasteiger partial charge in [0.2, 0.25) is 5.91 Å². The number of nitrogens with zero attached hydrogens (tertiary/aromatic N) is 1. The van der Waals surface area contributed by atoms with Crippen molar-refractivity contribution < 1.29 is 13.9 Å². The van der Waals surface area contributed by atoms with Gasteiger partial charge in [0.15, 0.2) is 5.13 Å². The number of thiazole rings is 1. The molecule has 0 aliphatic heterocycles. The van der Waals surface area contributed by atoms with Crippen LogP contribution in [0.3, 0.4) is 0 Å². The lowest BCUT2D eigenvalue weighted by molar-refractivity contribution is -0.111. The summed E-state index contributed by atoms with van der Waals surface area (Å²) in [7, 11) is 0. The Morgan fingerprint density at radius 1 is 1.34 bits per heavy atom. The third kappa shape index (κ3) is 3.99. The van der Waals surface area contributed by atoms with Crippen LogP contribution in [0.5, 0.6) is 5.75 Å². The predicted octanol–water partition coefficient (Wildman–Crippen LogP) is 6.45. The number of rotatable bonds is 5. The molecule has 4 aromatic rings. The van der Waals surface area contributed by atoms with Gasteiger partial charge in [0.1, 0.15) is 11.3 Å². The number of anilines is 1. The second kappa shape index (κ2) is 7.89. The first-order chi connectivity index (χ1) is 13.9. The zero-order chi connectivity index (χ0) is 20.5. The van der Waals surface area contributed by atoms with Gasteiger partial charge < -0.3 is 9.15 Å². The van der Waals surface area contributed by atoms with Crippen molar-refractivity contribution in [3.63, 3.8) is 0 Å². The summed E-state index contributed by atoms with van der Waals surface area (Å²) in [5.41, 5.74) is 4.25. The zero-order valence-corrected chi connectivity index (χ0v) is 17.8. The average molecular weight is 427 g/mol. The first-order valence-corrected chi connectivity index (χ1v) is 10.3. The number of halogens is 1. The molecule has 1 N–H and O–H groups in total. The number of aromatic nitrogens is 1. The summed E-state index contributed by atoms with van der Waals surface area (Å²) in [5.74, 6) is 0.435. The van der Waals surface area contributed by atoms with Crippen molar-refractivity contribution in [2.24, 2.45) is 0 Å². The van der Waals surface area contributed by atoms with Crippen LogP contribution in [0.2, 0.25) is 5.02 Å². The second-order valence-electron chi connectivity index (χ2n) is 6.64. The lowest BCUT2D eigenvalue weighted by atomic mass is 10.0. The van der Waals surface area contributed by atoms with E-state index in [2.05, 4.69) is 10.3 Å². The number of ether oxygens (including phenoxy) is 1. The molecule has 0 fully saturated rings. The van der Waals surface area contributed by atoms with Gasteiger partial charge in [0, 0.05) is 28.1 Å². The summed E-state index contributed by atoms with van der Waals surface area (Å²) < 4.78 is 12.3. The first-order valence-electron chi connectivity index (χ1n) is 9.15. The van der Waals surface area contributed by atoms with Gasteiger partial charge in [-0.3, -0.25) is 10.1 Å². The van der Waals surface area contributed by atoms with E-state index in [1.807, 2.05) is 45.0 Å². The number of aryl methyl sites for hydroxylation is 1. The maximum absolute atomic E-state index is 12.6. The van der Waals surface area contributed by atoms with Gasteiger partial charge in [0.25, 0.3) is 0 Å². The van der Waals surface area contributed by atoms with Crippen LogP contribution in [-0.2, 0) is 4.79 Å². The van der Waals surface area contributed by atoms with Crippen LogP contribution in [0.25, 0.3) is 26.8 Å². The van der Waals surface area contributed by atoms with Gasteiger partial charge in [0.05, 0.1) is 23.1 Å². The average Bonchev–Trinajstić information content (AvgIpc) is 3.23. The fourth-order valence-electron chi connectivity index (χ4n) is 3.13. The summed E-state index contributed by atoms with van der Waals surface area (Å²) in [4.78, 5) is 17.0. The van der Waals surface area contributed by atoms with E-state index in [0.717, 1.165) is 37.9 Å². The fourth-order valence-corrected chi connectivity index (χ4v) is 4.28. The molecular formula is C22H19ClN2O3S. The Kier molecular flexibility index (Phi) is 5.30. The minimum Gasteiger partial charge on any atom is -0.493 e. The highest BCUT2D eigenvalue weighted by atomic mass is 35.5. The number of allylic oxidation sites excluding steroid dienone is 1. The van der Waals surface area contributed by atoms with Crippen molar-refractivity contribution in [1.29, 1.82) is 0 Å². The molecule has 0 bridgehead atoms. The number of hydrogen-bond donors (Lipinski definition) is 1. The Morgan fingerprint density at radius 2 is 2.17 bits per heavy atom. The number of fused-ring (bicyclic) bond motifs is 2. The molecule has 0 saturated carbocycles. The number of carbonyl (C=O) groups is 1. The first kappa shape index (κ1) is 19.5. The van der Waals surface area contributed by atoms with E-state index < -0.39 is 0 Å². The van der Waals surface area contributed by atoms with Crippen LogP contribution >= 0.6 is 22.9 Å². The molecule has 2 aromatic carbocycles. The normalized spacial score (nSPS) is 11.9. The lowest BCUT2D eigenvalue weighted by Crippen LogP contribution is -2.08. The molecule has 0 saturated heterocycles. The highest BCUT2D eigenvalue weighted by Gasteiger charge is 2.13. The minimum atomic E-state index is -0.251. The van der Waals surface area contributed by atoms with Gasteiger partial charge in [-0.2, -0.15) is 0 Å². The van der Waals surface area contributed by atoms with Crippen LogP contribution in [0.15, 0.2) is 47.1 Å². The van der Waals surface area contributed by atoms with Crippen LogP contribution in [0.4, 0.5) is 5.13 Å². The quantitative estimate of drug-likeness (QED) is 0.372. The lowest BCUT2D eigenvalue weighted by Gasteiger charge is -2.11. The van der Waals surface area contributed by atoms with Crippen LogP contribution in [0.1, 0.15) is 25.0 Å². The number of carbonyl (C=O) groups excluding carboxylic acids is 1. The van der Waals surface area contributed by atoms with E-state index in [0.29, 0.717) is 22.5 Å². The Labute approximate surface area is 176 Å². The maximum atomic E-state index is 12.6. The van der Waals surface area contributed by atoms with Gasteiger partial charge in [-0.15, -0.1) is 0 Å². The molecule has 5 nitrogen and oxygen atoms in total.